The van der Waals surface area contributed by atoms with Crippen LogP contribution in [0.2, 0.25) is 0 Å². The standard InChI is InChI=1S/C21H39N5O7/c1-5-12(4)17(21(32)33)26-20(31)16(11(2)3)25-19(30)14(8-6-7-9-22)24-18(29)13(23)10-15(27)28/h11-14,16-17H,5-10,22-23H2,1-4H3,(H,24,29)(H,25,30)(H,26,31)(H,27,28)(H,32,33). The molecule has 0 heterocycles. The third-order valence-corrected chi connectivity index (χ3v) is 5.33. The van der Waals surface area contributed by atoms with Crippen LogP contribution in [0.3, 0.4) is 0 Å². The predicted molar refractivity (Wildman–Crippen MR) is 121 cm³/mol. The van der Waals surface area contributed by atoms with E-state index in [1.807, 2.05) is 0 Å². The van der Waals surface area contributed by atoms with Crippen LogP contribution in [0.25, 0.3) is 0 Å². The average molecular weight is 474 g/mol. The van der Waals surface area contributed by atoms with E-state index in [-0.39, 0.29) is 18.3 Å². The first kappa shape index (κ1) is 30.3. The molecule has 33 heavy (non-hydrogen) atoms. The smallest absolute Gasteiger partial charge is 0.326 e. The maximum absolute atomic E-state index is 12.9. The van der Waals surface area contributed by atoms with Gasteiger partial charge in [0.25, 0.3) is 0 Å². The lowest BCUT2D eigenvalue weighted by molar-refractivity contribution is -0.144. The zero-order valence-corrected chi connectivity index (χ0v) is 19.8. The number of aliphatic carboxylic acids is 2. The first-order chi connectivity index (χ1) is 15.3. The molecule has 190 valence electrons. The fourth-order valence-corrected chi connectivity index (χ4v) is 3.04. The molecule has 12 nitrogen and oxygen atoms in total. The second-order valence-electron chi connectivity index (χ2n) is 8.49. The van der Waals surface area contributed by atoms with Gasteiger partial charge in [0.2, 0.25) is 17.7 Å². The molecular weight excluding hydrogens is 434 g/mol. The highest BCUT2D eigenvalue weighted by Crippen LogP contribution is 2.11. The molecule has 0 fully saturated rings. The molecule has 0 spiro atoms. The number of carboxylic acids is 2. The van der Waals surface area contributed by atoms with Crippen molar-refractivity contribution < 1.29 is 34.2 Å². The molecule has 5 unspecified atom stereocenters. The summed E-state index contributed by atoms with van der Waals surface area (Å²) in [5, 5.41) is 25.8. The van der Waals surface area contributed by atoms with Crippen molar-refractivity contribution in [1.29, 1.82) is 0 Å². The van der Waals surface area contributed by atoms with Crippen LogP contribution in [0.15, 0.2) is 0 Å². The number of hydrogen-bond donors (Lipinski definition) is 7. The molecule has 0 saturated carbocycles. The highest BCUT2D eigenvalue weighted by atomic mass is 16.4. The monoisotopic (exact) mass is 473 g/mol. The first-order valence-corrected chi connectivity index (χ1v) is 11.2. The average Bonchev–Trinajstić information content (AvgIpc) is 2.73. The van der Waals surface area contributed by atoms with Gasteiger partial charge in [-0.2, -0.15) is 0 Å². The molecule has 0 rings (SSSR count). The van der Waals surface area contributed by atoms with Crippen molar-refractivity contribution in [1.82, 2.24) is 16.0 Å². The van der Waals surface area contributed by atoms with Crippen molar-refractivity contribution in [3.05, 3.63) is 0 Å². The number of hydrogen-bond acceptors (Lipinski definition) is 7. The number of rotatable bonds is 16. The number of carbonyl (C=O) groups is 5. The lowest BCUT2D eigenvalue weighted by Crippen LogP contribution is -2.59. The van der Waals surface area contributed by atoms with Crippen LogP contribution in [-0.4, -0.2) is 70.6 Å². The molecule has 5 atom stereocenters. The molecule has 0 aromatic heterocycles. The molecular formula is C21H39N5O7. The number of carboxylic acid groups (broad SMARTS) is 2. The zero-order valence-electron chi connectivity index (χ0n) is 19.8. The van der Waals surface area contributed by atoms with Crippen LogP contribution < -0.4 is 27.4 Å². The largest absolute Gasteiger partial charge is 0.481 e. The molecule has 0 aliphatic carbocycles. The van der Waals surface area contributed by atoms with Gasteiger partial charge in [-0.05, 0) is 37.6 Å². The molecule has 0 aliphatic heterocycles. The van der Waals surface area contributed by atoms with Crippen LogP contribution in [0.5, 0.6) is 0 Å². The van der Waals surface area contributed by atoms with Gasteiger partial charge in [-0.1, -0.05) is 34.1 Å². The van der Waals surface area contributed by atoms with Crippen molar-refractivity contribution >= 4 is 29.7 Å². The molecule has 12 heteroatoms. The Morgan fingerprint density at radius 3 is 1.88 bits per heavy atom. The summed E-state index contributed by atoms with van der Waals surface area (Å²) in [5.74, 6) is -5.26. The molecule has 0 saturated heterocycles. The van der Waals surface area contributed by atoms with E-state index in [9.17, 15) is 29.1 Å². The summed E-state index contributed by atoms with van der Waals surface area (Å²) in [6.07, 6.45) is 1.21. The number of unbranched alkanes of at least 4 members (excludes halogenated alkanes) is 1. The molecule has 0 aromatic carbocycles. The van der Waals surface area contributed by atoms with Crippen molar-refractivity contribution in [2.24, 2.45) is 23.3 Å². The highest BCUT2D eigenvalue weighted by molar-refractivity contribution is 5.94. The molecule has 9 N–H and O–H groups in total. The summed E-state index contributed by atoms with van der Waals surface area (Å²) in [7, 11) is 0. The van der Waals surface area contributed by atoms with E-state index < -0.39 is 60.2 Å². The minimum absolute atomic E-state index is 0.200. The summed E-state index contributed by atoms with van der Waals surface area (Å²) in [6, 6.07) is -4.58. The summed E-state index contributed by atoms with van der Waals surface area (Å²) in [4.78, 5) is 60.4. The van der Waals surface area contributed by atoms with Crippen molar-refractivity contribution in [3.63, 3.8) is 0 Å². The van der Waals surface area contributed by atoms with Gasteiger partial charge in [0, 0.05) is 0 Å². The Balaban J connectivity index is 5.48. The lowest BCUT2D eigenvalue weighted by atomic mass is 9.97. The van der Waals surface area contributed by atoms with Crippen LogP contribution in [0.4, 0.5) is 0 Å². The first-order valence-electron chi connectivity index (χ1n) is 11.2. The van der Waals surface area contributed by atoms with E-state index in [4.69, 9.17) is 16.6 Å². The Morgan fingerprint density at radius 2 is 1.42 bits per heavy atom. The van der Waals surface area contributed by atoms with E-state index in [1.54, 1.807) is 27.7 Å². The van der Waals surface area contributed by atoms with Gasteiger partial charge >= 0.3 is 11.9 Å². The van der Waals surface area contributed by atoms with Gasteiger partial charge in [0.15, 0.2) is 0 Å². The second kappa shape index (κ2) is 15.2. The minimum atomic E-state index is -1.34. The summed E-state index contributed by atoms with van der Waals surface area (Å²) in [6.45, 7) is 7.26. The van der Waals surface area contributed by atoms with E-state index in [1.165, 1.54) is 0 Å². The number of nitrogens with two attached hydrogens (primary N) is 2. The molecule has 0 radical (unpaired) electrons. The second-order valence-corrected chi connectivity index (χ2v) is 8.49. The summed E-state index contributed by atoms with van der Waals surface area (Å²) >= 11 is 0. The van der Waals surface area contributed by atoms with Crippen LogP contribution in [0.1, 0.15) is 59.8 Å². The molecule has 3 amide bonds. The topological polar surface area (TPSA) is 214 Å². The van der Waals surface area contributed by atoms with Crippen LogP contribution in [0, 0.1) is 11.8 Å². The Labute approximate surface area is 194 Å². The van der Waals surface area contributed by atoms with Gasteiger partial charge < -0.3 is 37.6 Å². The van der Waals surface area contributed by atoms with Crippen molar-refractivity contribution in [2.75, 3.05) is 6.54 Å². The molecule has 0 aliphatic rings. The summed E-state index contributed by atoms with van der Waals surface area (Å²) in [5.41, 5.74) is 11.1. The predicted octanol–water partition coefficient (Wildman–Crippen LogP) is -0.841. The van der Waals surface area contributed by atoms with Gasteiger partial charge in [0.1, 0.15) is 18.1 Å². The third-order valence-electron chi connectivity index (χ3n) is 5.33. The number of nitrogens with one attached hydrogen (secondary N) is 3. The fourth-order valence-electron chi connectivity index (χ4n) is 3.04. The third kappa shape index (κ3) is 11.1. The van der Waals surface area contributed by atoms with E-state index in [0.717, 1.165) is 0 Å². The number of amides is 3. The Bertz CT molecular complexity index is 686. The van der Waals surface area contributed by atoms with Gasteiger partial charge in [-0.25, -0.2) is 4.79 Å². The van der Waals surface area contributed by atoms with Crippen molar-refractivity contribution in [2.45, 2.75) is 84.0 Å². The lowest BCUT2D eigenvalue weighted by Gasteiger charge is -2.28. The van der Waals surface area contributed by atoms with E-state index >= 15 is 0 Å². The zero-order chi connectivity index (χ0) is 25.7. The van der Waals surface area contributed by atoms with E-state index in [0.29, 0.717) is 25.8 Å². The Hall–Kier alpha value is -2.73. The highest BCUT2D eigenvalue weighted by Gasteiger charge is 2.33. The Morgan fingerprint density at radius 1 is 0.848 bits per heavy atom. The Kier molecular flexibility index (Phi) is 13.9. The molecule has 0 bridgehead atoms. The number of carbonyl (C=O) groups excluding carboxylic acids is 3. The molecule has 0 aromatic rings. The normalized spacial score (nSPS) is 15.6. The fraction of sp³-hybridized carbons (Fsp3) is 0.762. The van der Waals surface area contributed by atoms with Gasteiger partial charge in [-0.3, -0.25) is 19.2 Å². The SMILES string of the molecule is CCC(C)C(NC(=O)C(NC(=O)C(CCCCN)NC(=O)C(N)CC(=O)O)C(C)C)C(=O)O. The van der Waals surface area contributed by atoms with Crippen molar-refractivity contribution in [3.8, 4) is 0 Å². The quantitative estimate of drug-likeness (QED) is 0.139. The maximum atomic E-state index is 12.9. The van der Waals surface area contributed by atoms with Crippen LogP contribution >= 0.6 is 0 Å². The van der Waals surface area contributed by atoms with Gasteiger partial charge in [-0.15, -0.1) is 0 Å². The van der Waals surface area contributed by atoms with Gasteiger partial charge in [0.05, 0.1) is 12.5 Å². The maximum Gasteiger partial charge on any atom is 0.326 e. The van der Waals surface area contributed by atoms with E-state index in [2.05, 4.69) is 16.0 Å². The van der Waals surface area contributed by atoms with Crippen LogP contribution in [-0.2, 0) is 24.0 Å². The minimum Gasteiger partial charge on any atom is -0.481 e. The summed E-state index contributed by atoms with van der Waals surface area (Å²) < 4.78 is 0.